The zero-order valence-corrected chi connectivity index (χ0v) is 30.1. The molecule has 0 heterocycles. The number of carbonyl (C=O) groups excluding carboxylic acids is 2. The highest BCUT2D eigenvalue weighted by atomic mass is 16.5. The van der Waals surface area contributed by atoms with Gasteiger partial charge in [-0.2, -0.15) is 0 Å². The van der Waals surface area contributed by atoms with Gasteiger partial charge in [0.1, 0.15) is 5.75 Å². The molecule has 3 aromatic rings. The molecule has 0 aromatic heterocycles. The van der Waals surface area contributed by atoms with E-state index in [1.54, 1.807) is 24.3 Å². The summed E-state index contributed by atoms with van der Waals surface area (Å²) in [5, 5.41) is 34.1. The van der Waals surface area contributed by atoms with Gasteiger partial charge in [-0.25, -0.2) is 14.4 Å². The van der Waals surface area contributed by atoms with Crippen LogP contribution in [0.15, 0.2) is 60.7 Å². The number of carbonyl (C=O) groups is 5. The number of benzene rings is 3. The number of carboxylic acid groups (broad SMARTS) is 3. The summed E-state index contributed by atoms with van der Waals surface area (Å²) in [5.74, 6) is -5.50. The number of amides is 1. The molecule has 0 bridgehead atoms. The predicted molar refractivity (Wildman–Crippen MR) is 201 cm³/mol. The van der Waals surface area contributed by atoms with E-state index in [0.29, 0.717) is 5.56 Å². The molecule has 5 N–H and O–H groups in total. The third kappa shape index (κ3) is 15.0. The SMILES string of the molecule is CCCCCCCCCCCCCCCCCNc1ccc(C(=O)CC(=O)Nc2cc(C(=O)O)ccc2Oc2cc(C(=O)O)cc(C(=O)O)c2)cc1. The number of nitrogens with one attached hydrogen (secondary N) is 2. The average Bonchev–Trinajstić information content (AvgIpc) is 3.12. The predicted octanol–water partition coefficient (Wildman–Crippen LogP) is 10.1. The van der Waals surface area contributed by atoms with Gasteiger partial charge >= 0.3 is 17.9 Å². The van der Waals surface area contributed by atoms with Crippen LogP contribution in [0.3, 0.4) is 0 Å². The first-order valence-corrected chi connectivity index (χ1v) is 18.4. The molecule has 11 heteroatoms. The lowest BCUT2D eigenvalue weighted by molar-refractivity contribution is -0.115. The van der Waals surface area contributed by atoms with E-state index in [9.17, 15) is 39.3 Å². The van der Waals surface area contributed by atoms with Crippen molar-refractivity contribution in [3.05, 3.63) is 82.9 Å². The first-order valence-electron chi connectivity index (χ1n) is 18.4. The van der Waals surface area contributed by atoms with Crippen molar-refractivity contribution in [1.82, 2.24) is 0 Å². The summed E-state index contributed by atoms with van der Waals surface area (Å²) in [6.45, 7) is 3.08. The molecule has 0 saturated heterocycles. The van der Waals surface area contributed by atoms with E-state index in [4.69, 9.17) is 4.74 Å². The molecule has 280 valence electrons. The molecule has 0 radical (unpaired) electrons. The summed E-state index contributed by atoms with van der Waals surface area (Å²) in [5.41, 5.74) is 0.214. The fourth-order valence-electron chi connectivity index (χ4n) is 5.83. The lowest BCUT2D eigenvalue weighted by atomic mass is 10.0. The number of ether oxygens (including phenoxy) is 1. The van der Waals surface area contributed by atoms with Crippen molar-refractivity contribution in [3.8, 4) is 11.5 Å². The maximum Gasteiger partial charge on any atom is 0.335 e. The van der Waals surface area contributed by atoms with E-state index >= 15 is 0 Å². The Kier molecular flexibility index (Phi) is 17.9. The Morgan fingerprint density at radius 3 is 1.54 bits per heavy atom. The van der Waals surface area contributed by atoms with Gasteiger partial charge in [0.25, 0.3) is 0 Å². The first-order chi connectivity index (χ1) is 25.1. The molecule has 0 aliphatic carbocycles. The van der Waals surface area contributed by atoms with Gasteiger partial charge < -0.3 is 30.7 Å². The van der Waals surface area contributed by atoms with E-state index in [1.807, 2.05) is 0 Å². The molecule has 0 fully saturated rings. The smallest absolute Gasteiger partial charge is 0.335 e. The second-order valence-corrected chi connectivity index (χ2v) is 13.1. The lowest BCUT2D eigenvalue weighted by Crippen LogP contribution is -2.17. The van der Waals surface area contributed by atoms with E-state index in [-0.39, 0.29) is 33.9 Å². The molecule has 0 aliphatic heterocycles. The first kappa shape index (κ1) is 41.2. The summed E-state index contributed by atoms with van der Waals surface area (Å²) in [6.07, 6.45) is 19.1. The van der Waals surface area contributed by atoms with Gasteiger partial charge in [0.2, 0.25) is 5.91 Å². The minimum atomic E-state index is -1.38. The van der Waals surface area contributed by atoms with Crippen LogP contribution in [0.5, 0.6) is 11.5 Å². The van der Waals surface area contributed by atoms with Crippen LogP contribution in [0.25, 0.3) is 0 Å². The molecule has 1 amide bonds. The number of aromatic carboxylic acids is 3. The molecule has 0 atom stereocenters. The number of unbranched alkanes of at least 4 members (excludes halogenated alkanes) is 14. The molecule has 52 heavy (non-hydrogen) atoms. The van der Waals surface area contributed by atoms with Crippen LogP contribution in [0.4, 0.5) is 11.4 Å². The van der Waals surface area contributed by atoms with Crippen molar-refractivity contribution < 1.29 is 44.0 Å². The Bertz CT molecular complexity index is 1600. The van der Waals surface area contributed by atoms with Crippen molar-refractivity contribution in [2.45, 2.75) is 110 Å². The van der Waals surface area contributed by atoms with Crippen LogP contribution in [-0.2, 0) is 4.79 Å². The highest BCUT2D eigenvalue weighted by Gasteiger charge is 2.18. The second-order valence-electron chi connectivity index (χ2n) is 13.1. The van der Waals surface area contributed by atoms with Crippen LogP contribution >= 0.6 is 0 Å². The van der Waals surface area contributed by atoms with E-state index < -0.39 is 36.0 Å². The number of hydrogen-bond acceptors (Lipinski definition) is 7. The summed E-state index contributed by atoms with van der Waals surface area (Å²) in [4.78, 5) is 60.4. The molecular weight excluding hydrogens is 664 g/mol. The highest BCUT2D eigenvalue weighted by Crippen LogP contribution is 2.32. The Morgan fingerprint density at radius 1 is 0.558 bits per heavy atom. The fourth-order valence-corrected chi connectivity index (χ4v) is 5.83. The lowest BCUT2D eigenvalue weighted by Gasteiger charge is -2.14. The zero-order chi connectivity index (χ0) is 37.7. The van der Waals surface area contributed by atoms with Crippen LogP contribution in [0.2, 0.25) is 0 Å². The molecule has 0 unspecified atom stereocenters. The number of carboxylic acids is 3. The largest absolute Gasteiger partial charge is 0.478 e. The summed E-state index contributed by atoms with van der Waals surface area (Å²) in [6, 6.07) is 13.6. The average molecular weight is 717 g/mol. The molecule has 0 aliphatic rings. The van der Waals surface area contributed by atoms with Gasteiger partial charge in [0.05, 0.1) is 28.8 Å². The minimum absolute atomic E-state index is 0.0887. The second kappa shape index (κ2) is 22.6. The van der Waals surface area contributed by atoms with Crippen LogP contribution in [-0.4, -0.2) is 51.5 Å². The minimum Gasteiger partial charge on any atom is -0.478 e. The number of anilines is 2. The number of rotatable bonds is 26. The normalized spacial score (nSPS) is 10.8. The Balaban J connectivity index is 1.42. The molecule has 0 spiro atoms. The molecule has 0 saturated carbocycles. The maximum atomic E-state index is 12.9. The molecular formula is C41H52N2O9. The monoisotopic (exact) mass is 716 g/mol. The number of hydrogen-bond donors (Lipinski definition) is 5. The number of Topliss-reactive ketones (excluding diaryl/α,β-unsaturated/α-hetero) is 1. The Hall–Kier alpha value is -5.19. The van der Waals surface area contributed by atoms with Crippen LogP contribution in [0.1, 0.15) is 151 Å². The van der Waals surface area contributed by atoms with E-state index in [2.05, 4.69) is 17.6 Å². The third-order valence-corrected chi connectivity index (χ3v) is 8.77. The van der Waals surface area contributed by atoms with Gasteiger partial charge in [-0.1, -0.05) is 96.8 Å². The van der Waals surface area contributed by atoms with Crippen LogP contribution < -0.4 is 15.4 Å². The van der Waals surface area contributed by atoms with Crippen molar-refractivity contribution in [2.75, 3.05) is 17.2 Å². The van der Waals surface area contributed by atoms with E-state index in [0.717, 1.165) is 49.3 Å². The zero-order valence-electron chi connectivity index (χ0n) is 30.1. The van der Waals surface area contributed by atoms with Crippen LogP contribution in [0, 0.1) is 0 Å². The quantitative estimate of drug-likeness (QED) is 0.0305. The number of ketones is 1. The Labute approximate surface area is 305 Å². The van der Waals surface area contributed by atoms with E-state index in [1.165, 1.54) is 95.6 Å². The van der Waals surface area contributed by atoms with Crippen molar-refractivity contribution >= 4 is 41.0 Å². The van der Waals surface area contributed by atoms with Gasteiger partial charge in [-0.05, 0) is 67.1 Å². The van der Waals surface area contributed by atoms with Crippen molar-refractivity contribution in [1.29, 1.82) is 0 Å². The van der Waals surface area contributed by atoms with Crippen molar-refractivity contribution in [3.63, 3.8) is 0 Å². The van der Waals surface area contributed by atoms with Gasteiger partial charge in [-0.3, -0.25) is 9.59 Å². The Morgan fingerprint density at radius 2 is 1.04 bits per heavy atom. The topological polar surface area (TPSA) is 179 Å². The molecule has 11 nitrogen and oxygen atoms in total. The van der Waals surface area contributed by atoms with Gasteiger partial charge in [-0.15, -0.1) is 0 Å². The van der Waals surface area contributed by atoms with Crippen molar-refractivity contribution in [2.24, 2.45) is 0 Å². The van der Waals surface area contributed by atoms with Gasteiger partial charge in [0.15, 0.2) is 11.5 Å². The highest BCUT2D eigenvalue weighted by molar-refractivity contribution is 6.11. The fraction of sp³-hybridized carbons (Fsp3) is 0.439. The standard InChI is InChI=1S/C41H52N2O9/c1-2-3-4-5-6-7-8-9-10-11-12-13-14-15-16-23-42-33-20-17-29(18-21-33)36(44)28-38(45)43-35-27-30(39(46)47)19-22-37(35)52-34-25-31(40(48)49)24-32(26-34)41(50)51/h17-22,24-27,42H,2-16,23,28H2,1H3,(H,43,45)(H,46,47)(H,48,49)(H,50,51). The summed E-state index contributed by atoms with van der Waals surface area (Å²) in [7, 11) is 0. The molecule has 3 rings (SSSR count). The third-order valence-electron chi connectivity index (χ3n) is 8.77. The maximum absolute atomic E-state index is 12.9. The summed E-state index contributed by atoms with van der Waals surface area (Å²) < 4.78 is 5.70. The van der Waals surface area contributed by atoms with Gasteiger partial charge in [0, 0.05) is 17.8 Å². The molecule has 3 aromatic carbocycles. The summed E-state index contributed by atoms with van der Waals surface area (Å²) >= 11 is 0.